The lowest BCUT2D eigenvalue weighted by atomic mass is 10.2. The number of rotatable bonds is 2. The summed E-state index contributed by atoms with van der Waals surface area (Å²) in [7, 11) is 0. The summed E-state index contributed by atoms with van der Waals surface area (Å²) in [6, 6.07) is 9.62. The lowest BCUT2D eigenvalue weighted by molar-refractivity contribution is 0.132. The van der Waals surface area contributed by atoms with Gasteiger partial charge in [-0.1, -0.05) is 30.3 Å². The topological polar surface area (TPSA) is 75.3 Å². The number of nitrogens with one attached hydrogen (secondary N) is 1. The largest absolute Gasteiger partial charge is 0.417 e. The van der Waals surface area contributed by atoms with Crippen LogP contribution in [0.25, 0.3) is 0 Å². The highest BCUT2D eigenvalue weighted by Gasteiger charge is 2.25. The molecule has 1 aromatic heterocycles. The predicted molar refractivity (Wildman–Crippen MR) is 66.6 cm³/mol. The summed E-state index contributed by atoms with van der Waals surface area (Å²) in [6.45, 7) is 0.824. The molecular weight excluding hydrogens is 246 g/mol. The number of amides is 1. The van der Waals surface area contributed by atoms with Gasteiger partial charge < -0.3 is 4.74 Å². The van der Waals surface area contributed by atoms with Crippen LogP contribution < -0.4 is 10.4 Å². The Kier molecular flexibility index (Phi) is 2.75. The average Bonchev–Trinajstić information content (AvgIpc) is 2.41. The number of hydrogen-bond donors (Lipinski definition) is 1. The molecule has 0 aliphatic carbocycles. The van der Waals surface area contributed by atoms with E-state index >= 15 is 0 Å². The van der Waals surface area contributed by atoms with Crippen LogP contribution in [0.15, 0.2) is 41.3 Å². The van der Waals surface area contributed by atoms with E-state index in [1.54, 1.807) is 4.90 Å². The third-order valence-corrected chi connectivity index (χ3v) is 2.87. The van der Waals surface area contributed by atoms with Crippen LogP contribution in [0.2, 0.25) is 0 Å². The number of aromatic nitrogens is 2. The fourth-order valence-corrected chi connectivity index (χ4v) is 1.95. The van der Waals surface area contributed by atoms with Crippen molar-refractivity contribution in [2.24, 2.45) is 0 Å². The van der Waals surface area contributed by atoms with Gasteiger partial charge in [0.1, 0.15) is 0 Å². The van der Waals surface area contributed by atoms with Crippen molar-refractivity contribution in [3.05, 3.63) is 58.1 Å². The van der Waals surface area contributed by atoms with Crippen LogP contribution in [0, 0.1) is 0 Å². The first-order valence-corrected chi connectivity index (χ1v) is 5.81. The van der Waals surface area contributed by atoms with Gasteiger partial charge >= 0.3 is 11.8 Å². The Balaban J connectivity index is 1.84. The fraction of sp³-hybridized carbons (Fsp3) is 0.154. The number of aromatic amines is 1. The zero-order valence-corrected chi connectivity index (χ0v) is 10.00. The Morgan fingerprint density at radius 1 is 1.26 bits per heavy atom. The minimum absolute atomic E-state index is 0.189. The minimum Gasteiger partial charge on any atom is -0.393 e. The zero-order chi connectivity index (χ0) is 13.2. The van der Waals surface area contributed by atoms with E-state index in [9.17, 15) is 9.59 Å². The van der Waals surface area contributed by atoms with Gasteiger partial charge in [0.25, 0.3) is 0 Å². The molecule has 96 valence electrons. The molecule has 3 rings (SSSR count). The molecule has 0 bridgehead atoms. The fourth-order valence-electron chi connectivity index (χ4n) is 1.95. The maximum Gasteiger partial charge on any atom is 0.417 e. The van der Waals surface area contributed by atoms with Gasteiger partial charge in [0, 0.05) is 12.7 Å². The maximum atomic E-state index is 11.8. The quantitative estimate of drug-likeness (QED) is 0.879. The molecule has 0 radical (unpaired) electrons. The number of nitrogens with zero attached hydrogens (tertiary/aromatic N) is 2. The first kappa shape index (κ1) is 11.5. The monoisotopic (exact) mass is 257 g/mol. The normalized spacial score (nSPS) is 13.9. The summed E-state index contributed by atoms with van der Waals surface area (Å²) < 4.78 is 5.09. The van der Waals surface area contributed by atoms with Crippen LogP contribution in [0.4, 0.5) is 4.79 Å². The minimum atomic E-state index is -0.525. The maximum absolute atomic E-state index is 11.8. The van der Waals surface area contributed by atoms with E-state index in [1.807, 2.05) is 30.3 Å². The van der Waals surface area contributed by atoms with Crippen LogP contribution in [0.3, 0.4) is 0 Å². The highest BCUT2D eigenvalue weighted by Crippen LogP contribution is 2.22. The second-order valence-electron chi connectivity index (χ2n) is 4.25. The summed E-state index contributed by atoms with van der Waals surface area (Å²) in [4.78, 5) is 30.5. The molecule has 2 heterocycles. The third kappa shape index (κ3) is 2.33. The summed E-state index contributed by atoms with van der Waals surface area (Å²) in [5.74, 6) is 0.189. The molecule has 1 N–H and O–H groups in total. The Morgan fingerprint density at radius 3 is 2.84 bits per heavy atom. The highest BCUT2D eigenvalue weighted by molar-refractivity contribution is 5.72. The number of H-pyrrole nitrogens is 1. The first-order chi connectivity index (χ1) is 9.22. The second-order valence-corrected chi connectivity index (χ2v) is 4.25. The van der Waals surface area contributed by atoms with E-state index in [0.717, 1.165) is 5.56 Å². The molecule has 6 nitrogen and oxygen atoms in total. The number of fused-ring (bicyclic) bond motifs is 1. The van der Waals surface area contributed by atoms with Gasteiger partial charge in [-0.05, 0) is 5.56 Å². The van der Waals surface area contributed by atoms with Crippen molar-refractivity contribution < 1.29 is 9.53 Å². The highest BCUT2D eigenvalue weighted by atomic mass is 16.6. The van der Waals surface area contributed by atoms with Crippen molar-refractivity contribution in [2.45, 2.75) is 13.1 Å². The van der Waals surface area contributed by atoms with Crippen LogP contribution in [-0.4, -0.2) is 21.0 Å². The number of carbonyl (C=O) groups excluding carboxylic acids is 1. The number of ether oxygens (including phenoxy) is 1. The molecule has 1 aromatic carbocycles. The molecule has 0 unspecified atom stereocenters. The van der Waals surface area contributed by atoms with Crippen molar-refractivity contribution in [2.75, 3.05) is 0 Å². The Bertz CT molecular complexity index is 666. The summed E-state index contributed by atoms with van der Waals surface area (Å²) in [5.41, 5.74) is 1.18. The van der Waals surface area contributed by atoms with E-state index in [4.69, 9.17) is 4.74 Å². The van der Waals surface area contributed by atoms with Gasteiger partial charge in [-0.3, -0.25) is 9.88 Å². The molecule has 0 atom stereocenters. The van der Waals surface area contributed by atoms with Crippen LogP contribution in [0.1, 0.15) is 11.1 Å². The van der Waals surface area contributed by atoms with Gasteiger partial charge in [-0.15, -0.1) is 0 Å². The summed E-state index contributed by atoms with van der Waals surface area (Å²) in [5, 5.41) is 0. The Morgan fingerprint density at radius 2 is 2.05 bits per heavy atom. The molecule has 0 saturated carbocycles. The molecule has 19 heavy (non-hydrogen) atoms. The molecule has 6 heteroatoms. The summed E-state index contributed by atoms with van der Waals surface area (Å²) >= 11 is 0. The van der Waals surface area contributed by atoms with Crippen molar-refractivity contribution in [3.63, 3.8) is 0 Å². The first-order valence-electron chi connectivity index (χ1n) is 5.81. The number of benzene rings is 1. The lowest BCUT2D eigenvalue weighted by Crippen LogP contribution is -2.37. The van der Waals surface area contributed by atoms with Gasteiger partial charge in [0.2, 0.25) is 5.88 Å². The van der Waals surface area contributed by atoms with Crippen molar-refractivity contribution in [3.8, 4) is 5.88 Å². The molecule has 0 saturated heterocycles. The van der Waals surface area contributed by atoms with E-state index in [0.29, 0.717) is 18.7 Å². The molecule has 1 aliphatic rings. The molecular formula is C13H11N3O3. The lowest BCUT2D eigenvalue weighted by Gasteiger charge is -2.27. The third-order valence-electron chi connectivity index (χ3n) is 2.87. The van der Waals surface area contributed by atoms with Crippen LogP contribution in [0.5, 0.6) is 5.88 Å². The molecule has 0 spiro atoms. The van der Waals surface area contributed by atoms with Gasteiger partial charge in [0.15, 0.2) is 0 Å². The SMILES string of the molecule is O=C1Oc2[nH]c(=O)ncc2CN1Cc1ccccc1. The molecule has 1 amide bonds. The molecule has 1 aliphatic heterocycles. The molecule has 0 fully saturated rings. The van der Waals surface area contributed by atoms with Crippen molar-refractivity contribution in [1.29, 1.82) is 0 Å². The van der Waals surface area contributed by atoms with E-state index < -0.39 is 11.8 Å². The zero-order valence-electron chi connectivity index (χ0n) is 10.00. The van der Waals surface area contributed by atoms with Gasteiger partial charge in [0.05, 0.1) is 12.1 Å². The smallest absolute Gasteiger partial charge is 0.393 e. The van der Waals surface area contributed by atoms with Crippen LogP contribution >= 0.6 is 0 Å². The molecule has 2 aromatic rings. The average molecular weight is 257 g/mol. The van der Waals surface area contributed by atoms with Gasteiger partial charge in [-0.25, -0.2) is 14.6 Å². The van der Waals surface area contributed by atoms with Crippen molar-refractivity contribution >= 4 is 6.09 Å². The second kappa shape index (κ2) is 4.56. The van der Waals surface area contributed by atoms with Crippen LogP contribution in [-0.2, 0) is 13.1 Å². The number of carbonyl (C=O) groups is 1. The van der Waals surface area contributed by atoms with E-state index in [2.05, 4.69) is 9.97 Å². The Hall–Kier alpha value is -2.63. The van der Waals surface area contributed by atoms with E-state index in [-0.39, 0.29) is 5.88 Å². The standard InChI is InChI=1S/C13H11N3O3/c17-12-14-6-10-8-16(13(18)19-11(10)15-12)7-9-4-2-1-3-5-9/h1-6H,7-8H2,(H,14,15,17). The van der Waals surface area contributed by atoms with E-state index in [1.165, 1.54) is 6.20 Å². The Labute approximate surface area is 108 Å². The number of hydrogen-bond acceptors (Lipinski definition) is 4. The predicted octanol–water partition coefficient (Wildman–Crippen LogP) is 1.28. The summed E-state index contributed by atoms with van der Waals surface area (Å²) in [6.07, 6.45) is 0.955. The van der Waals surface area contributed by atoms with Gasteiger partial charge in [-0.2, -0.15) is 0 Å². The van der Waals surface area contributed by atoms with Crippen molar-refractivity contribution in [1.82, 2.24) is 14.9 Å².